The maximum Gasteiger partial charge on any atom is 0.269 e. The maximum absolute atomic E-state index is 11.8. The molecule has 0 aliphatic heterocycles. The second-order valence-electron chi connectivity index (χ2n) is 4.14. The molecule has 0 aliphatic rings. The zero-order chi connectivity index (χ0) is 15.0. The molecule has 0 saturated heterocycles. The van der Waals surface area contributed by atoms with Gasteiger partial charge in [-0.15, -0.1) is 0 Å². The fourth-order valence-electron chi connectivity index (χ4n) is 1.43. The highest BCUT2D eigenvalue weighted by Crippen LogP contribution is 2.07. The molecule has 0 aliphatic carbocycles. The summed E-state index contributed by atoms with van der Waals surface area (Å²) in [6.07, 6.45) is 2.52. The molecule has 0 bridgehead atoms. The molecule has 0 radical (unpaired) electrons. The number of carbonyl (C=O) groups excluding carboxylic acids is 1. The van der Waals surface area contributed by atoms with E-state index in [1.807, 2.05) is 6.92 Å². The van der Waals surface area contributed by atoms with Gasteiger partial charge in [-0.2, -0.15) is 0 Å². The smallest absolute Gasteiger partial charge is 0.269 e. The quantitative estimate of drug-likeness (QED) is 0.636. The summed E-state index contributed by atoms with van der Waals surface area (Å²) in [5, 5.41) is 5.68. The van der Waals surface area contributed by atoms with Crippen molar-refractivity contribution in [2.45, 2.75) is 13.3 Å². The monoisotopic (exact) mass is 300 g/mol. The highest BCUT2D eigenvalue weighted by molar-refractivity contribution is 7.89. The summed E-state index contributed by atoms with van der Waals surface area (Å²) >= 11 is 0. The molecular weight excluding hydrogens is 280 g/mol. The predicted molar refractivity (Wildman–Crippen MR) is 78.2 cm³/mol. The summed E-state index contributed by atoms with van der Waals surface area (Å²) in [5.41, 5.74) is 1.07. The molecular formula is C12H20N4O3S. The number of rotatable bonds is 8. The highest BCUT2D eigenvalue weighted by Gasteiger charge is 2.10. The Morgan fingerprint density at radius 1 is 1.35 bits per heavy atom. The van der Waals surface area contributed by atoms with Crippen molar-refractivity contribution < 1.29 is 13.2 Å². The molecule has 20 heavy (non-hydrogen) atoms. The lowest BCUT2D eigenvalue weighted by Crippen LogP contribution is -2.33. The van der Waals surface area contributed by atoms with Crippen LogP contribution in [0, 0.1) is 0 Å². The Labute approximate surface area is 119 Å². The van der Waals surface area contributed by atoms with Gasteiger partial charge in [0.15, 0.2) is 0 Å². The molecule has 0 unspecified atom stereocenters. The van der Waals surface area contributed by atoms with Crippen molar-refractivity contribution in [2.75, 3.05) is 31.2 Å². The van der Waals surface area contributed by atoms with Gasteiger partial charge in [0.25, 0.3) is 5.91 Å². The van der Waals surface area contributed by atoms with E-state index in [0.717, 1.165) is 18.7 Å². The third kappa shape index (κ3) is 5.54. The number of hydrogen-bond donors (Lipinski definition) is 3. The van der Waals surface area contributed by atoms with Crippen LogP contribution in [0.15, 0.2) is 18.3 Å². The molecule has 0 spiro atoms. The SMILES string of the molecule is CCCNc1ccnc(C(=O)NCCS(=O)(=O)NC)c1. The second-order valence-corrected chi connectivity index (χ2v) is 6.18. The molecule has 1 aromatic rings. The van der Waals surface area contributed by atoms with E-state index >= 15 is 0 Å². The Bertz CT molecular complexity index is 545. The average molecular weight is 300 g/mol. The normalized spacial score (nSPS) is 11.1. The molecule has 0 aromatic carbocycles. The summed E-state index contributed by atoms with van der Waals surface area (Å²) < 4.78 is 24.6. The molecule has 112 valence electrons. The van der Waals surface area contributed by atoms with Crippen molar-refractivity contribution in [3.8, 4) is 0 Å². The minimum absolute atomic E-state index is 0.0380. The van der Waals surface area contributed by atoms with Crippen molar-refractivity contribution in [3.63, 3.8) is 0 Å². The van der Waals surface area contributed by atoms with E-state index < -0.39 is 15.9 Å². The largest absolute Gasteiger partial charge is 0.385 e. The van der Waals surface area contributed by atoms with Crippen LogP contribution in [0.2, 0.25) is 0 Å². The lowest BCUT2D eigenvalue weighted by molar-refractivity contribution is 0.0951. The van der Waals surface area contributed by atoms with E-state index in [2.05, 4.69) is 20.3 Å². The summed E-state index contributed by atoms with van der Waals surface area (Å²) in [4.78, 5) is 15.8. The minimum atomic E-state index is -3.31. The van der Waals surface area contributed by atoms with Gasteiger partial charge < -0.3 is 10.6 Å². The molecule has 1 heterocycles. The number of hydrogen-bond acceptors (Lipinski definition) is 5. The third-order valence-corrected chi connectivity index (χ3v) is 3.90. The summed E-state index contributed by atoms with van der Waals surface area (Å²) in [7, 11) is -1.98. The molecule has 7 nitrogen and oxygen atoms in total. The maximum atomic E-state index is 11.8. The summed E-state index contributed by atoms with van der Waals surface area (Å²) in [6.45, 7) is 2.89. The van der Waals surface area contributed by atoms with E-state index in [9.17, 15) is 13.2 Å². The zero-order valence-corrected chi connectivity index (χ0v) is 12.5. The molecule has 0 saturated carbocycles. The molecule has 1 aromatic heterocycles. The van der Waals surface area contributed by atoms with Gasteiger partial charge in [0.2, 0.25) is 10.0 Å². The van der Waals surface area contributed by atoms with Crippen molar-refractivity contribution in [2.24, 2.45) is 0 Å². The van der Waals surface area contributed by atoms with Gasteiger partial charge in [-0.1, -0.05) is 6.92 Å². The van der Waals surface area contributed by atoms with Crippen LogP contribution in [-0.4, -0.2) is 45.2 Å². The standard InChI is InChI=1S/C12H20N4O3S/c1-3-5-14-10-4-6-15-11(9-10)12(17)16-7-8-20(18,19)13-2/h4,6,9,13H,3,5,7-8H2,1-2H3,(H,14,15)(H,16,17). The number of aromatic nitrogens is 1. The second kappa shape index (κ2) is 7.81. The molecule has 0 atom stereocenters. The van der Waals surface area contributed by atoms with Crippen molar-refractivity contribution in [1.82, 2.24) is 15.0 Å². The van der Waals surface area contributed by atoms with Gasteiger partial charge in [-0.3, -0.25) is 9.78 Å². The van der Waals surface area contributed by atoms with Crippen LogP contribution in [0.5, 0.6) is 0 Å². The fraction of sp³-hybridized carbons (Fsp3) is 0.500. The van der Waals surface area contributed by atoms with Crippen LogP contribution < -0.4 is 15.4 Å². The first-order valence-corrected chi connectivity index (χ1v) is 8.03. The molecule has 8 heteroatoms. The van der Waals surface area contributed by atoms with Gasteiger partial charge in [-0.25, -0.2) is 13.1 Å². The van der Waals surface area contributed by atoms with E-state index in [1.54, 1.807) is 12.1 Å². The molecule has 0 fully saturated rings. The van der Waals surface area contributed by atoms with Gasteiger partial charge >= 0.3 is 0 Å². The number of nitrogens with zero attached hydrogens (tertiary/aromatic N) is 1. The summed E-state index contributed by atoms with van der Waals surface area (Å²) in [5.74, 6) is -0.556. The Kier molecular flexibility index (Phi) is 6.40. The van der Waals surface area contributed by atoms with Crippen molar-refractivity contribution in [3.05, 3.63) is 24.0 Å². The van der Waals surface area contributed by atoms with E-state index in [1.165, 1.54) is 13.2 Å². The van der Waals surface area contributed by atoms with Crippen LogP contribution >= 0.6 is 0 Å². The van der Waals surface area contributed by atoms with Gasteiger partial charge in [0.05, 0.1) is 5.75 Å². The number of anilines is 1. The highest BCUT2D eigenvalue weighted by atomic mass is 32.2. The average Bonchev–Trinajstić information content (AvgIpc) is 2.45. The van der Waals surface area contributed by atoms with Crippen LogP contribution in [0.25, 0.3) is 0 Å². The van der Waals surface area contributed by atoms with Crippen LogP contribution in [0.3, 0.4) is 0 Å². The lowest BCUT2D eigenvalue weighted by atomic mass is 10.3. The number of carbonyl (C=O) groups is 1. The molecule has 3 N–H and O–H groups in total. The van der Waals surface area contributed by atoms with Gasteiger partial charge in [0, 0.05) is 25.0 Å². The number of amides is 1. The number of sulfonamides is 1. The lowest BCUT2D eigenvalue weighted by Gasteiger charge is -2.07. The van der Waals surface area contributed by atoms with Crippen LogP contribution in [0.4, 0.5) is 5.69 Å². The van der Waals surface area contributed by atoms with Crippen molar-refractivity contribution in [1.29, 1.82) is 0 Å². The van der Waals surface area contributed by atoms with Crippen LogP contribution in [-0.2, 0) is 10.0 Å². The fourth-order valence-corrected chi connectivity index (χ4v) is 2.00. The topological polar surface area (TPSA) is 100 Å². The first-order valence-electron chi connectivity index (χ1n) is 6.38. The Hall–Kier alpha value is -1.67. The minimum Gasteiger partial charge on any atom is -0.385 e. The Morgan fingerprint density at radius 3 is 2.75 bits per heavy atom. The third-order valence-electron chi connectivity index (χ3n) is 2.54. The first kappa shape index (κ1) is 16.4. The van der Waals surface area contributed by atoms with E-state index in [4.69, 9.17) is 0 Å². The van der Waals surface area contributed by atoms with Crippen LogP contribution in [0.1, 0.15) is 23.8 Å². The number of pyridine rings is 1. The molecule has 1 amide bonds. The Balaban J connectivity index is 2.55. The van der Waals surface area contributed by atoms with Gasteiger partial charge in [-0.05, 0) is 25.6 Å². The number of nitrogens with one attached hydrogen (secondary N) is 3. The van der Waals surface area contributed by atoms with E-state index in [0.29, 0.717) is 0 Å². The van der Waals surface area contributed by atoms with Gasteiger partial charge in [0.1, 0.15) is 5.69 Å². The first-order chi connectivity index (χ1) is 9.48. The molecule has 1 rings (SSSR count). The Morgan fingerprint density at radius 2 is 2.10 bits per heavy atom. The zero-order valence-electron chi connectivity index (χ0n) is 11.6. The predicted octanol–water partition coefficient (Wildman–Crippen LogP) is 0.183. The van der Waals surface area contributed by atoms with E-state index in [-0.39, 0.29) is 18.0 Å². The van der Waals surface area contributed by atoms with Crippen molar-refractivity contribution >= 4 is 21.6 Å². The summed E-state index contributed by atoms with van der Waals surface area (Å²) in [6, 6.07) is 3.41.